The lowest BCUT2D eigenvalue weighted by atomic mass is 9.68. The van der Waals surface area contributed by atoms with Crippen LogP contribution in [-0.2, 0) is 4.74 Å². The molecule has 0 bridgehead atoms. The Bertz CT molecular complexity index is 894. The van der Waals surface area contributed by atoms with Crippen molar-refractivity contribution in [2.24, 2.45) is 5.41 Å². The third-order valence-corrected chi connectivity index (χ3v) is 6.20. The Balaban J connectivity index is 1.48. The summed E-state index contributed by atoms with van der Waals surface area (Å²) >= 11 is 0. The summed E-state index contributed by atoms with van der Waals surface area (Å²) in [5.74, 6) is 2.91. The highest BCUT2D eigenvalue weighted by molar-refractivity contribution is 5.79. The van der Waals surface area contributed by atoms with Crippen LogP contribution in [0.3, 0.4) is 0 Å². The van der Waals surface area contributed by atoms with Gasteiger partial charge in [-0.25, -0.2) is 4.79 Å². The molecule has 1 amide bonds. The van der Waals surface area contributed by atoms with E-state index in [0.29, 0.717) is 6.61 Å². The highest BCUT2D eigenvalue weighted by Gasteiger charge is 2.40. The molecule has 1 N–H and O–H groups in total. The molecule has 1 fully saturated rings. The summed E-state index contributed by atoms with van der Waals surface area (Å²) < 4.78 is 5.69. The minimum Gasteiger partial charge on any atom is -0.449 e. The second kappa shape index (κ2) is 7.02. The summed E-state index contributed by atoms with van der Waals surface area (Å²) in [7, 11) is 0. The van der Waals surface area contributed by atoms with Crippen LogP contribution in [0.15, 0.2) is 48.5 Å². The molecule has 0 radical (unpaired) electrons. The fourth-order valence-electron chi connectivity index (χ4n) is 4.96. The summed E-state index contributed by atoms with van der Waals surface area (Å²) in [5.41, 5.74) is 4.39. The SMILES string of the molecule is C#CC1(NC(=O)OCC2c3ccccc3-c3ccccc32)CCCC(C)(C)C1. The standard InChI is InChI=1S/C25H27NO2/c1-4-25(15-9-14-24(2,3)17-25)26-23(27)28-16-22-20-12-7-5-10-18(20)19-11-6-8-13-21(19)22/h1,5-8,10-13,22H,9,14-17H2,2-3H3,(H,26,27). The average Bonchev–Trinajstić information content (AvgIpc) is 2.99. The van der Waals surface area contributed by atoms with E-state index in [-0.39, 0.29) is 11.3 Å². The number of alkyl carbamates (subject to hydrolysis) is 1. The first-order valence-electron chi connectivity index (χ1n) is 10.0. The van der Waals surface area contributed by atoms with Crippen LogP contribution in [0.1, 0.15) is 56.6 Å². The van der Waals surface area contributed by atoms with E-state index in [0.717, 1.165) is 25.7 Å². The highest BCUT2D eigenvalue weighted by Crippen LogP contribution is 2.45. The summed E-state index contributed by atoms with van der Waals surface area (Å²) in [6.07, 6.45) is 9.14. The van der Waals surface area contributed by atoms with Crippen molar-refractivity contribution >= 4 is 6.09 Å². The number of rotatable bonds is 3. The topological polar surface area (TPSA) is 38.3 Å². The Morgan fingerprint density at radius 2 is 1.71 bits per heavy atom. The summed E-state index contributed by atoms with van der Waals surface area (Å²) in [6.45, 7) is 4.72. The molecule has 28 heavy (non-hydrogen) atoms. The molecule has 0 spiro atoms. The quantitative estimate of drug-likeness (QED) is 0.722. The van der Waals surface area contributed by atoms with Gasteiger partial charge in [-0.1, -0.05) is 68.3 Å². The minimum atomic E-state index is -0.607. The fourth-order valence-corrected chi connectivity index (χ4v) is 4.96. The molecule has 2 aromatic carbocycles. The van der Waals surface area contributed by atoms with Gasteiger partial charge in [-0.3, -0.25) is 0 Å². The third kappa shape index (κ3) is 3.40. The number of fused-ring (bicyclic) bond motifs is 3. The number of terminal acetylenes is 1. The number of carbonyl (C=O) groups excluding carboxylic acids is 1. The maximum atomic E-state index is 12.6. The second-order valence-corrected chi connectivity index (χ2v) is 8.87. The van der Waals surface area contributed by atoms with Crippen molar-refractivity contribution in [1.82, 2.24) is 5.32 Å². The van der Waals surface area contributed by atoms with E-state index in [2.05, 4.69) is 49.4 Å². The van der Waals surface area contributed by atoms with Gasteiger partial charge >= 0.3 is 6.09 Å². The number of amides is 1. The van der Waals surface area contributed by atoms with E-state index in [4.69, 9.17) is 11.2 Å². The normalized spacial score (nSPS) is 22.6. The number of benzene rings is 2. The summed E-state index contributed by atoms with van der Waals surface area (Å²) in [6, 6.07) is 16.7. The number of hydrogen-bond donors (Lipinski definition) is 1. The molecular weight excluding hydrogens is 346 g/mol. The predicted octanol–water partition coefficient (Wildman–Crippen LogP) is 5.50. The van der Waals surface area contributed by atoms with Crippen LogP contribution >= 0.6 is 0 Å². The predicted molar refractivity (Wildman–Crippen MR) is 112 cm³/mol. The largest absolute Gasteiger partial charge is 0.449 e. The Labute approximate surface area is 167 Å². The van der Waals surface area contributed by atoms with Gasteiger partial charge in [0.05, 0.1) is 0 Å². The molecule has 1 unspecified atom stereocenters. The van der Waals surface area contributed by atoms with Crippen molar-refractivity contribution < 1.29 is 9.53 Å². The summed E-state index contributed by atoms with van der Waals surface area (Å²) in [5, 5.41) is 3.01. The Morgan fingerprint density at radius 3 is 2.29 bits per heavy atom. The van der Waals surface area contributed by atoms with Crippen LogP contribution in [-0.4, -0.2) is 18.2 Å². The molecule has 1 atom stereocenters. The van der Waals surface area contributed by atoms with E-state index < -0.39 is 11.6 Å². The number of hydrogen-bond acceptors (Lipinski definition) is 2. The molecule has 2 aliphatic carbocycles. The molecule has 1 saturated carbocycles. The zero-order chi connectivity index (χ0) is 19.8. The van der Waals surface area contributed by atoms with Crippen LogP contribution in [0.2, 0.25) is 0 Å². The third-order valence-electron chi connectivity index (χ3n) is 6.20. The first-order valence-corrected chi connectivity index (χ1v) is 10.0. The van der Waals surface area contributed by atoms with Crippen molar-refractivity contribution in [3.05, 3.63) is 59.7 Å². The van der Waals surface area contributed by atoms with Crippen LogP contribution < -0.4 is 5.32 Å². The van der Waals surface area contributed by atoms with Crippen molar-refractivity contribution in [3.63, 3.8) is 0 Å². The average molecular weight is 373 g/mol. The Hall–Kier alpha value is -2.73. The van der Waals surface area contributed by atoms with Gasteiger partial charge in [0.25, 0.3) is 0 Å². The summed E-state index contributed by atoms with van der Waals surface area (Å²) in [4.78, 5) is 12.6. The fraction of sp³-hybridized carbons (Fsp3) is 0.400. The lowest BCUT2D eigenvalue weighted by Crippen LogP contribution is -2.52. The van der Waals surface area contributed by atoms with Crippen molar-refractivity contribution in [1.29, 1.82) is 0 Å². The molecule has 144 valence electrons. The van der Waals surface area contributed by atoms with E-state index in [1.807, 2.05) is 24.3 Å². The lowest BCUT2D eigenvalue weighted by Gasteiger charge is -2.41. The highest BCUT2D eigenvalue weighted by atomic mass is 16.5. The molecule has 3 heteroatoms. The van der Waals surface area contributed by atoms with Crippen LogP contribution in [0.5, 0.6) is 0 Å². The maximum Gasteiger partial charge on any atom is 0.408 e. The molecule has 0 saturated heterocycles. The molecule has 2 aliphatic rings. The molecule has 4 rings (SSSR count). The molecular formula is C25H27NO2. The van der Waals surface area contributed by atoms with Crippen molar-refractivity contribution in [2.45, 2.75) is 51.0 Å². The van der Waals surface area contributed by atoms with Gasteiger partial charge in [-0.2, -0.15) is 0 Å². The van der Waals surface area contributed by atoms with Gasteiger partial charge in [0.1, 0.15) is 12.1 Å². The zero-order valence-corrected chi connectivity index (χ0v) is 16.6. The molecule has 0 aromatic heterocycles. The molecule has 0 heterocycles. The maximum absolute atomic E-state index is 12.6. The van der Waals surface area contributed by atoms with Crippen LogP contribution in [0.25, 0.3) is 11.1 Å². The Morgan fingerprint density at radius 1 is 1.11 bits per heavy atom. The van der Waals surface area contributed by atoms with Gasteiger partial charge in [0.15, 0.2) is 0 Å². The van der Waals surface area contributed by atoms with Gasteiger partial charge in [0.2, 0.25) is 0 Å². The van der Waals surface area contributed by atoms with Gasteiger partial charge in [-0.05, 0) is 53.4 Å². The van der Waals surface area contributed by atoms with E-state index in [1.54, 1.807) is 0 Å². The zero-order valence-electron chi connectivity index (χ0n) is 16.6. The van der Waals surface area contributed by atoms with Crippen LogP contribution in [0.4, 0.5) is 4.79 Å². The van der Waals surface area contributed by atoms with Gasteiger partial charge < -0.3 is 10.1 Å². The van der Waals surface area contributed by atoms with E-state index in [9.17, 15) is 4.79 Å². The monoisotopic (exact) mass is 373 g/mol. The van der Waals surface area contributed by atoms with E-state index in [1.165, 1.54) is 22.3 Å². The van der Waals surface area contributed by atoms with Crippen LogP contribution in [0, 0.1) is 17.8 Å². The van der Waals surface area contributed by atoms with Crippen molar-refractivity contribution in [3.8, 4) is 23.5 Å². The number of nitrogens with one attached hydrogen (secondary N) is 1. The number of ether oxygens (including phenoxy) is 1. The van der Waals surface area contributed by atoms with Gasteiger partial charge in [0, 0.05) is 5.92 Å². The first kappa shape index (κ1) is 18.6. The minimum absolute atomic E-state index is 0.0581. The molecule has 0 aliphatic heterocycles. The Kier molecular flexibility index (Phi) is 4.67. The lowest BCUT2D eigenvalue weighted by molar-refractivity contribution is 0.112. The van der Waals surface area contributed by atoms with Crippen molar-refractivity contribution in [2.75, 3.05) is 6.61 Å². The van der Waals surface area contributed by atoms with Gasteiger partial charge in [-0.15, -0.1) is 6.42 Å². The number of carbonyl (C=O) groups is 1. The second-order valence-electron chi connectivity index (χ2n) is 8.87. The smallest absolute Gasteiger partial charge is 0.408 e. The van der Waals surface area contributed by atoms with E-state index >= 15 is 0 Å². The first-order chi connectivity index (χ1) is 13.4. The molecule has 2 aromatic rings. The molecule has 3 nitrogen and oxygen atoms in total.